The first-order valence-corrected chi connectivity index (χ1v) is 5.07. The van der Waals surface area contributed by atoms with Crippen molar-refractivity contribution in [3.8, 4) is 0 Å². The summed E-state index contributed by atoms with van der Waals surface area (Å²) in [5.74, 6) is 0.111. The Morgan fingerprint density at radius 3 is 2.12 bits per heavy atom. The molecule has 0 aliphatic rings. The molecule has 3 nitrogen and oxygen atoms in total. The number of carbonyl (C=O) groups excluding carboxylic acids is 1. The van der Waals surface area contributed by atoms with E-state index in [1.54, 1.807) is 18.5 Å². The van der Waals surface area contributed by atoms with E-state index in [4.69, 9.17) is 0 Å². The van der Waals surface area contributed by atoms with Gasteiger partial charge in [0.15, 0.2) is 0 Å². The average molecular weight is 212 g/mol. The van der Waals surface area contributed by atoms with Crippen LogP contribution in [0.1, 0.15) is 27.3 Å². The van der Waals surface area contributed by atoms with Gasteiger partial charge in [0.2, 0.25) is 11.6 Å². The predicted molar refractivity (Wildman–Crippen MR) is 61.4 cm³/mol. The van der Waals surface area contributed by atoms with Crippen LogP contribution in [0.5, 0.6) is 0 Å². The zero-order valence-electron chi connectivity index (χ0n) is 9.27. The number of ketones is 1. The fourth-order valence-electron chi connectivity index (χ4n) is 1.65. The van der Waals surface area contributed by atoms with Crippen LogP contribution in [0, 0.1) is 13.8 Å². The minimum absolute atomic E-state index is 0.132. The molecule has 0 spiro atoms. The van der Waals surface area contributed by atoms with Crippen molar-refractivity contribution >= 4 is 5.78 Å². The number of rotatable bonds is 2. The van der Waals surface area contributed by atoms with Crippen molar-refractivity contribution < 1.29 is 4.79 Å². The molecule has 0 amide bonds. The summed E-state index contributed by atoms with van der Waals surface area (Å²) in [4.78, 5) is 19.9. The highest BCUT2D eigenvalue weighted by atomic mass is 16.1. The molecule has 80 valence electrons. The number of aromatic nitrogens is 2. The van der Waals surface area contributed by atoms with E-state index in [9.17, 15) is 4.79 Å². The van der Waals surface area contributed by atoms with E-state index in [-0.39, 0.29) is 11.6 Å². The first-order valence-electron chi connectivity index (χ1n) is 5.07. The lowest BCUT2D eigenvalue weighted by Crippen LogP contribution is -2.06. The monoisotopic (exact) mass is 212 g/mol. The van der Waals surface area contributed by atoms with Gasteiger partial charge in [-0.3, -0.25) is 4.79 Å². The Kier molecular flexibility index (Phi) is 2.77. The van der Waals surface area contributed by atoms with Crippen molar-refractivity contribution in [3.05, 3.63) is 59.2 Å². The molecule has 0 saturated carbocycles. The molecule has 0 unspecified atom stereocenters. The van der Waals surface area contributed by atoms with E-state index < -0.39 is 0 Å². The summed E-state index contributed by atoms with van der Waals surface area (Å²) in [5, 5.41) is 0. The zero-order valence-corrected chi connectivity index (χ0v) is 9.27. The fourth-order valence-corrected chi connectivity index (χ4v) is 1.65. The quantitative estimate of drug-likeness (QED) is 0.717. The summed E-state index contributed by atoms with van der Waals surface area (Å²) >= 11 is 0. The molecular formula is C13H12N2O. The van der Waals surface area contributed by atoms with Crippen LogP contribution in [0.2, 0.25) is 0 Å². The maximum atomic E-state index is 12.0. The van der Waals surface area contributed by atoms with Crippen molar-refractivity contribution in [1.29, 1.82) is 0 Å². The van der Waals surface area contributed by atoms with Crippen LogP contribution in [0.25, 0.3) is 0 Å². The minimum Gasteiger partial charge on any atom is -0.285 e. The van der Waals surface area contributed by atoms with Crippen LogP contribution in [-0.4, -0.2) is 15.8 Å². The molecule has 1 aromatic heterocycles. The highest BCUT2D eigenvalue weighted by molar-refractivity contribution is 6.06. The standard InChI is InChI=1S/C13H12N2O/c1-9-6-10(2)8-11(7-9)12(16)13-14-4-3-5-15-13/h3-8H,1-2H3. The Labute approximate surface area is 94.2 Å². The van der Waals surface area contributed by atoms with E-state index in [0.29, 0.717) is 5.56 Å². The van der Waals surface area contributed by atoms with Crippen molar-refractivity contribution in [2.75, 3.05) is 0 Å². The Bertz CT molecular complexity index is 500. The molecule has 16 heavy (non-hydrogen) atoms. The van der Waals surface area contributed by atoms with E-state index >= 15 is 0 Å². The Morgan fingerprint density at radius 2 is 1.56 bits per heavy atom. The third kappa shape index (κ3) is 2.14. The third-order valence-corrected chi connectivity index (χ3v) is 2.25. The lowest BCUT2D eigenvalue weighted by atomic mass is 10.0. The summed E-state index contributed by atoms with van der Waals surface area (Å²) in [6, 6.07) is 7.43. The summed E-state index contributed by atoms with van der Waals surface area (Å²) < 4.78 is 0. The second-order valence-corrected chi connectivity index (χ2v) is 3.78. The van der Waals surface area contributed by atoms with Gasteiger partial charge in [-0.05, 0) is 32.0 Å². The Morgan fingerprint density at radius 1 is 1.00 bits per heavy atom. The van der Waals surface area contributed by atoms with Gasteiger partial charge in [-0.2, -0.15) is 0 Å². The molecule has 0 bridgehead atoms. The van der Waals surface area contributed by atoms with Gasteiger partial charge in [-0.15, -0.1) is 0 Å². The topological polar surface area (TPSA) is 42.9 Å². The summed E-state index contributed by atoms with van der Waals surface area (Å²) in [5.41, 5.74) is 2.78. The molecule has 3 heteroatoms. The number of benzene rings is 1. The maximum Gasteiger partial charge on any atom is 0.230 e. The Hall–Kier alpha value is -2.03. The van der Waals surface area contributed by atoms with Crippen molar-refractivity contribution in [2.45, 2.75) is 13.8 Å². The lowest BCUT2D eigenvalue weighted by molar-refractivity contribution is 0.102. The molecule has 2 aromatic rings. The highest BCUT2D eigenvalue weighted by Gasteiger charge is 2.11. The summed E-state index contributed by atoms with van der Waals surface area (Å²) in [6.45, 7) is 3.94. The molecule has 0 aliphatic carbocycles. The predicted octanol–water partition coefficient (Wildman–Crippen LogP) is 2.32. The van der Waals surface area contributed by atoms with Gasteiger partial charge in [0.1, 0.15) is 0 Å². The smallest absolute Gasteiger partial charge is 0.230 e. The molecule has 1 heterocycles. The van der Waals surface area contributed by atoms with Gasteiger partial charge in [-0.1, -0.05) is 17.2 Å². The largest absolute Gasteiger partial charge is 0.285 e. The number of hydrogen-bond donors (Lipinski definition) is 0. The van der Waals surface area contributed by atoms with Crippen molar-refractivity contribution in [2.24, 2.45) is 0 Å². The molecule has 0 fully saturated rings. The highest BCUT2D eigenvalue weighted by Crippen LogP contribution is 2.11. The number of hydrogen-bond acceptors (Lipinski definition) is 3. The molecule has 0 aliphatic heterocycles. The van der Waals surface area contributed by atoms with Crippen LogP contribution in [0.15, 0.2) is 36.7 Å². The van der Waals surface area contributed by atoms with Crippen LogP contribution < -0.4 is 0 Å². The molecular weight excluding hydrogens is 200 g/mol. The Balaban J connectivity index is 2.42. The number of carbonyl (C=O) groups is 1. The van der Waals surface area contributed by atoms with E-state index in [1.807, 2.05) is 32.0 Å². The van der Waals surface area contributed by atoms with Crippen LogP contribution in [0.3, 0.4) is 0 Å². The van der Waals surface area contributed by atoms with Gasteiger partial charge in [0.25, 0.3) is 0 Å². The van der Waals surface area contributed by atoms with Gasteiger partial charge < -0.3 is 0 Å². The second kappa shape index (κ2) is 4.23. The lowest BCUT2D eigenvalue weighted by Gasteiger charge is -2.02. The van der Waals surface area contributed by atoms with Crippen LogP contribution >= 0.6 is 0 Å². The average Bonchev–Trinajstić information content (AvgIpc) is 2.28. The fraction of sp³-hybridized carbons (Fsp3) is 0.154. The molecule has 1 aromatic carbocycles. The van der Waals surface area contributed by atoms with Gasteiger partial charge in [0.05, 0.1) is 0 Å². The second-order valence-electron chi connectivity index (χ2n) is 3.78. The molecule has 0 atom stereocenters. The zero-order chi connectivity index (χ0) is 11.5. The summed E-state index contributed by atoms with van der Waals surface area (Å²) in [7, 11) is 0. The van der Waals surface area contributed by atoms with E-state index in [2.05, 4.69) is 9.97 Å². The van der Waals surface area contributed by atoms with Gasteiger partial charge in [0, 0.05) is 18.0 Å². The van der Waals surface area contributed by atoms with Crippen LogP contribution in [-0.2, 0) is 0 Å². The minimum atomic E-state index is -0.132. The number of nitrogens with zero attached hydrogens (tertiary/aromatic N) is 2. The maximum absolute atomic E-state index is 12.0. The molecule has 0 N–H and O–H groups in total. The number of aryl methyl sites for hydroxylation is 2. The molecule has 2 rings (SSSR count). The normalized spacial score (nSPS) is 10.1. The van der Waals surface area contributed by atoms with Crippen LogP contribution in [0.4, 0.5) is 0 Å². The summed E-state index contributed by atoms with van der Waals surface area (Å²) in [6.07, 6.45) is 3.14. The first-order chi connectivity index (χ1) is 7.66. The molecule has 0 saturated heterocycles. The third-order valence-electron chi connectivity index (χ3n) is 2.25. The van der Waals surface area contributed by atoms with E-state index in [0.717, 1.165) is 11.1 Å². The molecule has 0 radical (unpaired) electrons. The van der Waals surface area contributed by atoms with Gasteiger partial charge >= 0.3 is 0 Å². The first kappa shape index (κ1) is 10.5. The van der Waals surface area contributed by atoms with E-state index in [1.165, 1.54) is 0 Å². The van der Waals surface area contributed by atoms with Crippen molar-refractivity contribution in [3.63, 3.8) is 0 Å². The van der Waals surface area contributed by atoms with Gasteiger partial charge in [-0.25, -0.2) is 9.97 Å². The SMILES string of the molecule is Cc1cc(C)cc(C(=O)c2ncccn2)c1. The van der Waals surface area contributed by atoms with Crippen molar-refractivity contribution in [1.82, 2.24) is 9.97 Å².